The molecule has 12 aromatic rings. The molecule has 10 aromatic heterocycles. The van der Waals surface area contributed by atoms with Crippen molar-refractivity contribution in [3.05, 3.63) is 311 Å². The summed E-state index contributed by atoms with van der Waals surface area (Å²) in [5.41, 5.74) is 6.71. The van der Waals surface area contributed by atoms with Crippen LogP contribution >= 0.6 is 0 Å². The van der Waals surface area contributed by atoms with E-state index < -0.39 is 76.8 Å². The van der Waals surface area contributed by atoms with Crippen LogP contribution in [0.25, 0.3) is 61.1 Å². The Hall–Kier alpha value is -8.95. The van der Waals surface area contributed by atoms with E-state index in [0.29, 0.717) is 28.5 Å². The Balaban J connectivity index is 0.000000583. The fourth-order valence-electron chi connectivity index (χ4n) is 7.44. The summed E-state index contributed by atoms with van der Waals surface area (Å²) < 4.78 is 132. The van der Waals surface area contributed by atoms with Gasteiger partial charge in [0.05, 0.1) is 6.57 Å². The number of benzene rings is 2. The number of aryl methyl sites for hydroxylation is 6. The van der Waals surface area contributed by atoms with E-state index in [4.69, 9.17) is 16.8 Å². The molecule has 100 heavy (non-hydrogen) atoms. The van der Waals surface area contributed by atoms with Gasteiger partial charge in [-0.1, -0.05) is 135 Å². The number of rotatable bonds is 7. The molecule has 2 aromatic carbocycles. The van der Waals surface area contributed by atoms with Crippen molar-refractivity contribution in [2.45, 2.75) is 34.6 Å². The maximum Gasteiger partial charge on any atom is 0.248 e. The summed E-state index contributed by atoms with van der Waals surface area (Å²) >= 11 is 0. The quantitative estimate of drug-likeness (QED) is 0.0868. The maximum atomic E-state index is 13.8. The summed E-state index contributed by atoms with van der Waals surface area (Å²) in [5.74, 6) is -10.8. The molecule has 0 aliphatic rings. The van der Waals surface area contributed by atoms with E-state index in [1.54, 1.807) is 121 Å². The van der Waals surface area contributed by atoms with Crippen LogP contribution in [0.3, 0.4) is 0 Å². The first-order valence-corrected chi connectivity index (χ1v) is 27.2. The molecule has 0 aliphatic carbocycles. The minimum Gasteiger partial charge on any atom is -0.521 e. The van der Waals surface area contributed by atoms with Crippen LogP contribution in [0.15, 0.2) is 158 Å². The van der Waals surface area contributed by atoms with E-state index in [9.17, 15) is 53.5 Å². The number of carbonyl (C=O) groups is 2. The van der Waals surface area contributed by atoms with Gasteiger partial charge in [0.25, 0.3) is 0 Å². The number of aromatic carboxylic acids is 2. The predicted octanol–water partition coefficient (Wildman–Crippen LogP) is 15.5. The second-order valence-electron chi connectivity index (χ2n) is 19.2. The van der Waals surface area contributed by atoms with Crippen molar-refractivity contribution in [3.63, 3.8) is 0 Å². The third-order valence-corrected chi connectivity index (χ3v) is 12.0. The Labute approximate surface area is 634 Å². The van der Waals surface area contributed by atoms with Crippen molar-refractivity contribution in [2.24, 2.45) is 7.05 Å². The topological polar surface area (TPSA) is 200 Å². The molecule has 527 valence electrons. The molecule has 0 atom stereocenters. The van der Waals surface area contributed by atoms with Crippen molar-refractivity contribution in [1.82, 2.24) is 49.4 Å². The number of hydrogen-bond donors (Lipinski definition) is 2. The number of carboxylic acid groups (broad SMARTS) is 2. The molecular weight excluding hydrogens is 2210 g/mol. The van der Waals surface area contributed by atoms with Crippen molar-refractivity contribution < 1.29 is 164 Å². The van der Waals surface area contributed by atoms with Gasteiger partial charge in [-0.15, -0.1) is 72.3 Å². The zero-order valence-electron chi connectivity index (χ0n) is 52.1. The number of carboxylic acids is 2. The van der Waals surface area contributed by atoms with E-state index in [0.717, 1.165) is 58.3 Å². The van der Waals surface area contributed by atoms with E-state index in [1.165, 1.54) is 18.5 Å². The normalized spacial score (nSPS) is 9.55. The molecule has 0 saturated carbocycles. The van der Waals surface area contributed by atoms with Gasteiger partial charge in [0, 0.05) is 143 Å². The van der Waals surface area contributed by atoms with Gasteiger partial charge in [-0.3, -0.25) is 33.6 Å². The van der Waals surface area contributed by atoms with E-state index in [1.807, 2.05) is 34.6 Å². The van der Waals surface area contributed by atoms with E-state index in [2.05, 4.69) is 92.3 Å². The van der Waals surface area contributed by atoms with Crippen molar-refractivity contribution >= 4 is 17.6 Å². The molecule has 0 bridgehead atoms. The third kappa shape index (κ3) is 27.6. The van der Waals surface area contributed by atoms with Crippen molar-refractivity contribution in [1.29, 1.82) is 0 Å². The average Bonchev–Trinajstić information content (AvgIpc) is 1.13. The van der Waals surface area contributed by atoms with Crippen LogP contribution in [0.4, 0.5) is 49.6 Å². The zero-order valence-corrected chi connectivity index (χ0v) is 64.1. The second-order valence-corrected chi connectivity index (χ2v) is 19.2. The van der Waals surface area contributed by atoms with Gasteiger partial charge in [0.2, 0.25) is 11.9 Å². The molecule has 10 heterocycles. The molecule has 0 unspecified atom stereocenters. The van der Waals surface area contributed by atoms with Crippen LogP contribution in [-0.4, -0.2) is 71.6 Å². The predicted molar refractivity (Wildman–Crippen MR) is 327 cm³/mol. The molecule has 0 fully saturated rings. The summed E-state index contributed by atoms with van der Waals surface area (Å²) in [4.78, 5) is 55.4. The van der Waals surface area contributed by atoms with Crippen LogP contribution in [0, 0.1) is 143 Å². The molecule has 12 rings (SSSR count). The Morgan fingerprint density at radius 3 is 1.03 bits per heavy atom. The molecule has 0 amide bonds. The maximum absolute atomic E-state index is 13.8. The Morgan fingerprint density at radius 1 is 0.420 bits per heavy atom. The van der Waals surface area contributed by atoms with E-state index in [-0.39, 0.29) is 139 Å². The summed E-state index contributed by atoms with van der Waals surface area (Å²) in [6.45, 7) is 16.0. The average molecular weight is 2260 g/mol. The first-order chi connectivity index (χ1) is 45.3. The van der Waals surface area contributed by atoms with Gasteiger partial charge >= 0.3 is 0 Å². The number of aromatic nitrogens is 10. The first-order valence-electron chi connectivity index (χ1n) is 27.2. The summed E-state index contributed by atoms with van der Waals surface area (Å²) in [5, 5.41) is 16.8. The zero-order chi connectivity index (χ0) is 69.3. The Morgan fingerprint density at radius 2 is 0.760 bits per heavy atom. The van der Waals surface area contributed by atoms with Crippen LogP contribution in [0.5, 0.6) is 0 Å². The molecule has 0 spiro atoms. The van der Waals surface area contributed by atoms with Crippen LogP contribution in [0.1, 0.15) is 48.7 Å². The van der Waals surface area contributed by atoms with Gasteiger partial charge < -0.3 is 49.3 Å². The van der Waals surface area contributed by atoms with Crippen LogP contribution in [0.2, 0.25) is 0 Å². The van der Waals surface area contributed by atoms with Gasteiger partial charge in [-0.05, 0) is 93.5 Å². The Kier molecular flexibility index (Phi) is 39.4. The van der Waals surface area contributed by atoms with Crippen molar-refractivity contribution in [2.75, 3.05) is 0 Å². The standard InChI is InChI=1S/C13H7F2N2.3C11H7F2N2.C10H5F2N2.C7H8NO2.C7H5O2.5Ir/c1-8-5-6-17-11(7-8)9-3-4-10(14)13(16-2)12(9)15;3*1-7-4-5-14-9(6-7)8-2-3-10(12)15-11(8)13;11-9-5-4-7(10(12)14-9)8-3-1-2-6-13-8;1-5-3-6(7(9)10)4-8(5)2;8-7(9)6-4-2-1-3-5-6;;;;;/h4-7H,1H3;3*3-6H,1H3;1-3,5-6H;3H,1-2H3,(H,9,10);1-4H,(H,8,9);;;;;/q7*-1;;;;;. The molecular formula is C70H46F10Ir5N11O4-7. The fourth-order valence-corrected chi connectivity index (χ4v) is 7.44. The van der Waals surface area contributed by atoms with Crippen LogP contribution < -0.4 is 0 Å². The Bertz CT molecular complexity index is 4430. The summed E-state index contributed by atoms with van der Waals surface area (Å²) in [6, 6.07) is 46.7. The SMILES string of the molecule is Cc1cc(C(=O)O)[c-]n1C.Cc1ccnc(-c2[c-]cc(F)nc2F)c1.Cc1ccnc(-c2[c-]cc(F)nc2F)c1.Cc1ccnc(-c2[c-]cc(F)nc2F)c1.Fc1c[c-]c(-c2ccccn2)c(F)n1.O=C(O)c1[c-]cccc1.[C-]#[N+]c1c(F)c[c-]c(-c2cc(C)ccn2)c1F.[Ir].[Ir].[Ir].[Ir].[Ir]. The minimum atomic E-state index is -0.935. The largest absolute Gasteiger partial charge is 0.521 e. The first kappa shape index (κ1) is 89.1. The fraction of sp³-hybridized carbons (Fsp3) is 0.0857. The van der Waals surface area contributed by atoms with Gasteiger partial charge in [-0.25, -0.2) is 35.1 Å². The van der Waals surface area contributed by atoms with Crippen LogP contribution in [-0.2, 0) is 108 Å². The minimum absolute atomic E-state index is 0. The van der Waals surface area contributed by atoms with Gasteiger partial charge in [0.1, 0.15) is 47.6 Å². The molecule has 2 N–H and O–H groups in total. The second kappa shape index (κ2) is 44.2. The molecule has 15 nitrogen and oxygen atoms in total. The van der Waals surface area contributed by atoms with Gasteiger partial charge in [0.15, 0.2) is 5.69 Å². The smallest absolute Gasteiger partial charge is 0.248 e. The molecule has 0 aliphatic heterocycles. The number of hydrogen-bond acceptors (Lipinski definition) is 11. The molecule has 0 saturated heterocycles. The summed E-state index contributed by atoms with van der Waals surface area (Å²) in [6.07, 6.45) is 10.4. The summed E-state index contributed by atoms with van der Waals surface area (Å²) in [7, 11) is 1.77. The number of pyridine rings is 9. The number of nitrogens with zero attached hydrogens (tertiary/aromatic N) is 11. The van der Waals surface area contributed by atoms with Crippen molar-refractivity contribution in [3.8, 4) is 56.3 Å². The molecule has 30 heteroatoms. The van der Waals surface area contributed by atoms with Gasteiger partial charge in [-0.2, -0.15) is 6.07 Å². The molecule has 5 radical (unpaired) electrons. The number of halogens is 10. The monoisotopic (exact) mass is 2260 g/mol. The van der Waals surface area contributed by atoms with E-state index >= 15 is 0 Å². The third-order valence-electron chi connectivity index (χ3n) is 12.0.